The highest BCUT2D eigenvalue weighted by Gasteiger charge is 1.92. The molecule has 0 aromatic carbocycles. The van der Waals surface area contributed by atoms with Gasteiger partial charge in [-0.05, 0) is 32.6 Å². The molecule has 0 atom stereocenters. The molecule has 0 fully saturated rings. The highest BCUT2D eigenvalue weighted by atomic mass is 127. The molecule has 0 aromatic heterocycles. The molecule has 0 unspecified atom stereocenters. The molecule has 0 rings (SSSR count). The van der Waals surface area contributed by atoms with Gasteiger partial charge in [-0.25, -0.2) is 4.79 Å². The topological polar surface area (TPSA) is 37.3 Å². The number of carboxylic acids is 1. The fourth-order valence-corrected chi connectivity index (χ4v) is 1.25. The van der Waals surface area contributed by atoms with E-state index in [4.69, 9.17) is 5.11 Å². The first-order valence-electron chi connectivity index (χ1n) is 2.75. The minimum atomic E-state index is -0.854. The summed E-state index contributed by atoms with van der Waals surface area (Å²) in [6.45, 7) is 2.02. The maximum absolute atomic E-state index is 10.0. The monoisotopic (exact) mass is 240 g/mol. The molecule has 0 heterocycles. The molecule has 0 aliphatic heterocycles. The first-order valence-corrected chi connectivity index (χ1v) is 3.83. The second-order valence-electron chi connectivity index (χ2n) is 1.68. The standard InChI is InChI=1S/C6H9IO2/c1-2-3-5(7)4-6(8)9/h4H,2-3H2,1H3,(H,8,9)/b5-4+. The molecule has 0 bridgehead atoms. The van der Waals surface area contributed by atoms with E-state index >= 15 is 0 Å². The van der Waals surface area contributed by atoms with Crippen molar-refractivity contribution in [1.29, 1.82) is 0 Å². The molecule has 0 radical (unpaired) electrons. The Balaban J connectivity index is 3.69. The van der Waals surface area contributed by atoms with Crippen molar-refractivity contribution in [3.05, 3.63) is 9.66 Å². The first-order chi connectivity index (χ1) is 4.16. The number of carboxylic acid groups (broad SMARTS) is 1. The van der Waals surface area contributed by atoms with Crippen LogP contribution in [0.5, 0.6) is 0 Å². The normalized spacial score (nSPS) is 11.6. The van der Waals surface area contributed by atoms with Gasteiger partial charge >= 0.3 is 5.97 Å². The van der Waals surface area contributed by atoms with E-state index in [0.717, 1.165) is 16.4 Å². The minimum Gasteiger partial charge on any atom is -0.478 e. The Kier molecular flexibility index (Phi) is 4.75. The third-order valence-corrected chi connectivity index (χ3v) is 1.62. The molecule has 3 heteroatoms. The van der Waals surface area contributed by atoms with Gasteiger partial charge in [0, 0.05) is 6.08 Å². The summed E-state index contributed by atoms with van der Waals surface area (Å²) in [6, 6.07) is 0. The predicted octanol–water partition coefficient (Wildman–Crippen LogP) is 2.19. The Morgan fingerprint density at radius 3 is 2.67 bits per heavy atom. The van der Waals surface area contributed by atoms with Crippen LogP contribution in [0.3, 0.4) is 0 Å². The van der Waals surface area contributed by atoms with Crippen molar-refractivity contribution in [2.45, 2.75) is 19.8 Å². The van der Waals surface area contributed by atoms with Gasteiger partial charge < -0.3 is 5.11 Å². The van der Waals surface area contributed by atoms with Gasteiger partial charge in [-0.15, -0.1) is 0 Å². The van der Waals surface area contributed by atoms with Gasteiger partial charge in [0.1, 0.15) is 0 Å². The number of carbonyl (C=O) groups is 1. The molecule has 0 amide bonds. The van der Waals surface area contributed by atoms with Crippen LogP contribution in [0.2, 0.25) is 0 Å². The van der Waals surface area contributed by atoms with Gasteiger partial charge in [-0.2, -0.15) is 0 Å². The van der Waals surface area contributed by atoms with Gasteiger partial charge in [0.05, 0.1) is 0 Å². The van der Waals surface area contributed by atoms with Crippen molar-refractivity contribution in [2.24, 2.45) is 0 Å². The third kappa shape index (κ3) is 5.82. The number of halogens is 1. The summed E-state index contributed by atoms with van der Waals surface area (Å²) in [5.74, 6) is -0.854. The molecular weight excluding hydrogens is 231 g/mol. The van der Waals surface area contributed by atoms with Crippen molar-refractivity contribution in [3.63, 3.8) is 0 Å². The second-order valence-corrected chi connectivity index (χ2v) is 3.07. The van der Waals surface area contributed by atoms with Gasteiger partial charge in [-0.3, -0.25) is 0 Å². The summed E-state index contributed by atoms with van der Waals surface area (Å²) >= 11 is 2.04. The summed E-state index contributed by atoms with van der Waals surface area (Å²) < 4.78 is 0.905. The molecule has 0 aromatic rings. The predicted molar refractivity (Wildman–Crippen MR) is 44.6 cm³/mol. The van der Waals surface area contributed by atoms with Crippen molar-refractivity contribution in [2.75, 3.05) is 0 Å². The number of aliphatic carboxylic acids is 1. The SMILES string of the molecule is CCC/C(I)=C\C(=O)O. The molecule has 9 heavy (non-hydrogen) atoms. The lowest BCUT2D eigenvalue weighted by atomic mass is 10.3. The van der Waals surface area contributed by atoms with E-state index in [0.29, 0.717) is 0 Å². The van der Waals surface area contributed by atoms with E-state index in [1.165, 1.54) is 6.08 Å². The molecule has 0 aliphatic carbocycles. The van der Waals surface area contributed by atoms with Crippen molar-refractivity contribution in [1.82, 2.24) is 0 Å². The summed E-state index contributed by atoms with van der Waals surface area (Å²) in [4.78, 5) is 10.0. The van der Waals surface area contributed by atoms with Crippen molar-refractivity contribution < 1.29 is 9.90 Å². The van der Waals surface area contributed by atoms with E-state index in [1.54, 1.807) is 0 Å². The number of allylic oxidation sites excluding steroid dienone is 1. The summed E-state index contributed by atoms with van der Waals surface area (Å²) in [5.41, 5.74) is 0. The Labute approximate surface area is 68.1 Å². The third-order valence-electron chi connectivity index (χ3n) is 0.769. The summed E-state index contributed by atoms with van der Waals surface area (Å²) in [6.07, 6.45) is 3.11. The average molecular weight is 240 g/mol. The zero-order valence-corrected chi connectivity index (χ0v) is 7.38. The quantitative estimate of drug-likeness (QED) is 0.606. The van der Waals surface area contributed by atoms with Crippen LogP contribution in [-0.2, 0) is 4.79 Å². The smallest absolute Gasteiger partial charge is 0.329 e. The maximum atomic E-state index is 10.0. The van der Waals surface area contributed by atoms with Gasteiger partial charge in [0.2, 0.25) is 0 Å². The molecule has 0 saturated heterocycles. The van der Waals surface area contributed by atoms with Crippen LogP contribution in [0.15, 0.2) is 9.66 Å². The first kappa shape index (κ1) is 8.94. The highest BCUT2D eigenvalue weighted by Crippen LogP contribution is 2.12. The molecule has 0 saturated carbocycles. The van der Waals surface area contributed by atoms with E-state index in [9.17, 15) is 4.79 Å². The zero-order chi connectivity index (χ0) is 7.28. The molecular formula is C6H9IO2. The van der Waals surface area contributed by atoms with Gasteiger partial charge in [-0.1, -0.05) is 13.3 Å². The van der Waals surface area contributed by atoms with Crippen LogP contribution >= 0.6 is 22.6 Å². The lowest BCUT2D eigenvalue weighted by Crippen LogP contribution is -1.87. The van der Waals surface area contributed by atoms with E-state index < -0.39 is 5.97 Å². The van der Waals surface area contributed by atoms with Crippen LogP contribution in [-0.4, -0.2) is 11.1 Å². The lowest BCUT2D eigenvalue weighted by Gasteiger charge is -1.90. The minimum absolute atomic E-state index is 0.854. The Bertz CT molecular complexity index is 129. The van der Waals surface area contributed by atoms with Crippen LogP contribution in [0, 0.1) is 0 Å². The molecule has 0 aliphatic rings. The Morgan fingerprint density at radius 2 is 2.33 bits per heavy atom. The van der Waals surface area contributed by atoms with Crippen LogP contribution < -0.4 is 0 Å². The van der Waals surface area contributed by atoms with Crippen molar-refractivity contribution >= 4 is 28.6 Å². The second kappa shape index (κ2) is 4.78. The van der Waals surface area contributed by atoms with Gasteiger partial charge in [0.25, 0.3) is 0 Å². The summed E-state index contributed by atoms with van der Waals surface area (Å²) in [5, 5.41) is 8.23. The van der Waals surface area contributed by atoms with Crippen LogP contribution in [0.1, 0.15) is 19.8 Å². The fourth-order valence-electron chi connectivity index (χ4n) is 0.445. The zero-order valence-electron chi connectivity index (χ0n) is 5.22. The fraction of sp³-hybridized carbons (Fsp3) is 0.500. The largest absolute Gasteiger partial charge is 0.478 e. The Morgan fingerprint density at radius 1 is 1.78 bits per heavy atom. The van der Waals surface area contributed by atoms with Crippen LogP contribution in [0.25, 0.3) is 0 Å². The number of rotatable bonds is 3. The average Bonchev–Trinajstić information content (AvgIpc) is 1.63. The molecule has 0 spiro atoms. The summed E-state index contributed by atoms with van der Waals surface area (Å²) in [7, 11) is 0. The highest BCUT2D eigenvalue weighted by molar-refractivity contribution is 14.1. The number of hydrogen-bond donors (Lipinski definition) is 1. The molecule has 52 valence electrons. The van der Waals surface area contributed by atoms with Gasteiger partial charge in [0.15, 0.2) is 0 Å². The van der Waals surface area contributed by atoms with E-state index in [1.807, 2.05) is 29.5 Å². The van der Waals surface area contributed by atoms with Crippen molar-refractivity contribution in [3.8, 4) is 0 Å². The lowest BCUT2D eigenvalue weighted by molar-refractivity contribution is -0.131. The molecule has 1 N–H and O–H groups in total. The van der Waals surface area contributed by atoms with E-state index in [-0.39, 0.29) is 0 Å². The van der Waals surface area contributed by atoms with Crippen LogP contribution in [0.4, 0.5) is 0 Å². The maximum Gasteiger partial charge on any atom is 0.329 e. The van der Waals surface area contributed by atoms with E-state index in [2.05, 4.69) is 0 Å². The Hall–Kier alpha value is -0.0600. The molecule has 2 nitrogen and oxygen atoms in total. The number of hydrogen-bond acceptors (Lipinski definition) is 1.